The van der Waals surface area contributed by atoms with E-state index in [1.165, 1.54) is 11.1 Å². The predicted molar refractivity (Wildman–Crippen MR) is 93.9 cm³/mol. The third-order valence-corrected chi connectivity index (χ3v) is 4.71. The summed E-state index contributed by atoms with van der Waals surface area (Å²) in [5.74, 6) is 1.80. The second kappa shape index (κ2) is 6.81. The average Bonchev–Trinajstić information content (AvgIpc) is 2.56. The molecule has 0 radical (unpaired) electrons. The maximum Gasteiger partial charge on any atom is 0.124 e. The number of ether oxygens (including phenoxy) is 2. The smallest absolute Gasteiger partial charge is 0.124 e. The molecule has 1 aliphatic rings. The molecule has 0 bridgehead atoms. The largest absolute Gasteiger partial charge is 0.496 e. The molecule has 0 saturated carbocycles. The zero-order valence-electron chi connectivity index (χ0n) is 13.8. The molecule has 0 amide bonds. The summed E-state index contributed by atoms with van der Waals surface area (Å²) in [6, 6.07) is 10.4. The minimum absolute atomic E-state index is 0.0856. The first kappa shape index (κ1) is 16.2. The maximum absolute atomic E-state index is 6.35. The van der Waals surface area contributed by atoms with Crippen molar-refractivity contribution >= 4 is 11.6 Å². The van der Waals surface area contributed by atoms with Gasteiger partial charge in [-0.3, -0.25) is 0 Å². The molecule has 122 valence electrons. The Labute approximate surface area is 142 Å². The lowest BCUT2D eigenvalue weighted by atomic mass is 9.89. The monoisotopic (exact) mass is 331 g/mol. The van der Waals surface area contributed by atoms with Crippen LogP contribution in [0.2, 0.25) is 5.02 Å². The number of methoxy groups -OCH3 is 1. The predicted octanol–water partition coefficient (Wildman–Crippen LogP) is 4.29. The molecule has 3 rings (SSSR count). The summed E-state index contributed by atoms with van der Waals surface area (Å²) in [7, 11) is 1.70. The number of fused-ring (bicyclic) bond motifs is 1. The van der Waals surface area contributed by atoms with E-state index in [-0.39, 0.29) is 6.04 Å². The molecule has 1 atom stereocenters. The fourth-order valence-electron chi connectivity index (χ4n) is 3.15. The van der Waals surface area contributed by atoms with Crippen LogP contribution >= 0.6 is 11.6 Å². The van der Waals surface area contributed by atoms with Gasteiger partial charge in [0.25, 0.3) is 0 Å². The van der Waals surface area contributed by atoms with Crippen molar-refractivity contribution in [3.05, 3.63) is 57.6 Å². The Morgan fingerprint density at radius 2 is 2.04 bits per heavy atom. The van der Waals surface area contributed by atoms with Crippen LogP contribution in [0.3, 0.4) is 0 Å². The van der Waals surface area contributed by atoms with Crippen molar-refractivity contribution in [1.29, 1.82) is 0 Å². The first-order valence-electron chi connectivity index (χ1n) is 7.97. The van der Waals surface area contributed by atoms with Crippen molar-refractivity contribution in [3.63, 3.8) is 0 Å². The zero-order chi connectivity index (χ0) is 16.4. The molecule has 3 nitrogen and oxygen atoms in total. The minimum Gasteiger partial charge on any atom is -0.496 e. The molecule has 0 fully saturated rings. The van der Waals surface area contributed by atoms with Gasteiger partial charge in [0.1, 0.15) is 11.5 Å². The molecular weight excluding hydrogens is 310 g/mol. The summed E-state index contributed by atoms with van der Waals surface area (Å²) in [5, 5.41) is 4.35. The van der Waals surface area contributed by atoms with Gasteiger partial charge in [-0.1, -0.05) is 17.7 Å². The van der Waals surface area contributed by atoms with E-state index in [1.807, 2.05) is 32.0 Å². The number of halogens is 1. The number of benzene rings is 2. The molecular formula is C19H22ClNO2. The second-order valence-electron chi connectivity index (χ2n) is 5.77. The highest BCUT2D eigenvalue weighted by Crippen LogP contribution is 2.37. The molecule has 23 heavy (non-hydrogen) atoms. The Morgan fingerprint density at radius 1 is 1.22 bits per heavy atom. The highest BCUT2D eigenvalue weighted by Gasteiger charge is 2.25. The van der Waals surface area contributed by atoms with Crippen LogP contribution in [0.25, 0.3) is 0 Å². The topological polar surface area (TPSA) is 30.5 Å². The molecule has 0 aliphatic carbocycles. The second-order valence-corrected chi connectivity index (χ2v) is 6.18. The first-order chi connectivity index (χ1) is 11.1. The van der Waals surface area contributed by atoms with Crippen LogP contribution in [0.15, 0.2) is 30.3 Å². The van der Waals surface area contributed by atoms with E-state index < -0.39 is 0 Å². The number of aryl methyl sites for hydroxylation is 1. The molecule has 1 aliphatic heterocycles. The first-order valence-corrected chi connectivity index (χ1v) is 8.35. The summed E-state index contributed by atoms with van der Waals surface area (Å²) < 4.78 is 11.2. The molecule has 0 spiro atoms. The van der Waals surface area contributed by atoms with E-state index in [9.17, 15) is 0 Å². The van der Waals surface area contributed by atoms with Crippen LogP contribution in [-0.2, 0) is 6.42 Å². The van der Waals surface area contributed by atoms with Crippen molar-refractivity contribution in [2.75, 3.05) is 20.3 Å². The third kappa shape index (κ3) is 3.17. The lowest BCUT2D eigenvalue weighted by Gasteiger charge is -2.29. The van der Waals surface area contributed by atoms with Gasteiger partial charge < -0.3 is 14.8 Å². The van der Waals surface area contributed by atoms with Gasteiger partial charge in [0.05, 0.1) is 19.8 Å². The lowest BCUT2D eigenvalue weighted by molar-refractivity contribution is 0.339. The fraction of sp³-hybridized carbons (Fsp3) is 0.368. The molecule has 1 N–H and O–H groups in total. The van der Waals surface area contributed by atoms with Gasteiger partial charge in [-0.25, -0.2) is 0 Å². The Kier molecular flexibility index (Phi) is 4.79. The van der Waals surface area contributed by atoms with E-state index in [2.05, 4.69) is 17.4 Å². The fourth-order valence-corrected chi connectivity index (χ4v) is 3.32. The van der Waals surface area contributed by atoms with Gasteiger partial charge in [0, 0.05) is 17.1 Å². The summed E-state index contributed by atoms with van der Waals surface area (Å²) in [6.07, 6.45) is 0.995. The van der Waals surface area contributed by atoms with Crippen molar-refractivity contribution in [2.45, 2.75) is 26.3 Å². The van der Waals surface area contributed by atoms with E-state index >= 15 is 0 Å². The Balaban J connectivity index is 2.05. The normalized spacial score (nSPS) is 16.8. The lowest BCUT2D eigenvalue weighted by Crippen LogP contribution is -2.30. The van der Waals surface area contributed by atoms with E-state index in [1.54, 1.807) is 7.11 Å². The SMILES string of the molecule is CCOc1ccc2c(c1)CCNC2c1cc(Cl)c(C)cc1OC. The van der Waals surface area contributed by atoms with E-state index in [4.69, 9.17) is 21.1 Å². The molecule has 2 aromatic carbocycles. The van der Waals surface area contributed by atoms with Gasteiger partial charge in [0.2, 0.25) is 0 Å². The zero-order valence-corrected chi connectivity index (χ0v) is 14.5. The van der Waals surface area contributed by atoms with Crippen molar-refractivity contribution < 1.29 is 9.47 Å². The summed E-state index contributed by atoms with van der Waals surface area (Å²) in [6.45, 7) is 5.60. The van der Waals surface area contributed by atoms with Crippen LogP contribution in [0.5, 0.6) is 11.5 Å². The average molecular weight is 332 g/mol. The molecule has 4 heteroatoms. The van der Waals surface area contributed by atoms with Crippen molar-refractivity contribution in [1.82, 2.24) is 5.32 Å². The molecule has 2 aromatic rings. The van der Waals surface area contributed by atoms with Crippen LogP contribution in [0, 0.1) is 6.92 Å². The molecule has 0 saturated heterocycles. The Morgan fingerprint density at radius 3 is 2.78 bits per heavy atom. The van der Waals surface area contributed by atoms with Gasteiger partial charge in [0.15, 0.2) is 0 Å². The van der Waals surface area contributed by atoms with Crippen LogP contribution in [0.1, 0.15) is 35.2 Å². The summed E-state index contributed by atoms with van der Waals surface area (Å²) in [4.78, 5) is 0. The van der Waals surface area contributed by atoms with Crippen molar-refractivity contribution in [3.8, 4) is 11.5 Å². The van der Waals surface area contributed by atoms with Gasteiger partial charge in [-0.15, -0.1) is 0 Å². The third-order valence-electron chi connectivity index (χ3n) is 4.30. The minimum atomic E-state index is 0.0856. The number of hydrogen-bond acceptors (Lipinski definition) is 3. The van der Waals surface area contributed by atoms with Crippen molar-refractivity contribution in [2.24, 2.45) is 0 Å². The summed E-state index contributed by atoms with van der Waals surface area (Å²) >= 11 is 6.35. The quantitative estimate of drug-likeness (QED) is 0.906. The number of hydrogen-bond donors (Lipinski definition) is 1. The van der Waals surface area contributed by atoms with Gasteiger partial charge >= 0.3 is 0 Å². The van der Waals surface area contributed by atoms with Gasteiger partial charge in [-0.05, 0) is 61.2 Å². The standard InChI is InChI=1S/C19H22ClNO2/c1-4-23-14-5-6-15-13(10-14)7-8-21-19(15)16-11-17(20)12(2)9-18(16)22-3/h5-6,9-11,19,21H,4,7-8H2,1-3H3. The molecule has 1 unspecified atom stereocenters. The van der Waals surface area contributed by atoms with Gasteiger partial charge in [-0.2, -0.15) is 0 Å². The van der Waals surface area contributed by atoms with E-state index in [0.29, 0.717) is 6.61 Å². The Bertz CT molecular complexity index is 715. The van der Waals surface area contributed by atoms with Crippen LogP contribution in [0.4, 0.5) is 0 Å². The Hall–Kier alpha value is -1.71. The molecule has 0 aromatic heterocycles. The number of nitrogens with one attached hydrogen (secondary N) is 1. The maximum atomic E-state index is 6.35. The van der Waals surface area contributed by atoms with E-state index in [0.717, 1.165) is 40.6 Å². The number of rotatable bonds is 4. The highest BCUT2D eigenvalue weighted by atomic mass is 35.5. The highest BCUT2D eigenvalue weighted by molar-refractivity contribution is 6.31. The van der Waals surface area contributed by atoms with Crippen LogP contribution < -0.4 is 14.8 Å². The summed E-state index contributed by atoms with van der Waals surface area (Å²) in [5.41, 5.74) is 4.68. The molecule has 1 heterocycles. The van der Waals surface area contributed by atoms with Crippen LogP contribution in [-0.4, -0.2) is 20.3 Å².